The Morgan fingerprint density at radius 3 is 2.46 bits per heavy atom. The van der Waals surface area contributed by atoms with Gasteiger partial charge in [-0.05, 0) is 55.5 Å². The van der Waals surface area contributed by atoms with Gasteiger partial charge in [0.15, 0.2) is 6.61 Å². The van der Waals surface area contributed by atoms with E-state index in [1.165, 1.54) is 6.21 Å². The van der Waals surface area contributed by atoms with Gasteiger partial charge in [-0.3, -0.25) is 14.4 Å². The molecule has 1 aliphatic heterocycles. The zero-order valence-corrected chi connectivity index (χ0v) is 14.4. The maximum absolute atomic E-state index is 11.9. The molecule has 1 saturated heterocycles. The first kappa shape index (κ1) is 17.9. The summed E-state index contributed by atoms with van der Waals surface area (Å²) in [4.78, 5) is 36.7. The van der Waals surface area contributed by atoms with Crippen molar-refractivity contribution in [2.24, 2.45) is 5.10 Å². The van der Waals surface area contributed by atoms with Crippen LogP contribution in [0.25, 0.3) is 0 Å². The molecule has 0 aromatic heterocycles. The minimum absolute atomic E-state index is 0.000302. The Hall–Kier alpha value is -2.90. The highest BCUT2D eigenvalue weighted by Crippen LogP contribution is 2.18. The molecule has 3 rings (SSSR count). The summed E-state index contributed by atoms with van der Waals surface area (Å²) in [6.07, 6.45) is 5.37. The number of hydrogen-bond donors (Lipinski definition) is 2. The Labute approximate surface area is 151 Å². The fourth-order valence-corrected chi connectivity index (χ4v) is 2.55. The van der Waals surface area contributed by atoms with Gasteiger partial charge in [0.05, 0.1) is 6.21 Å². The number of hydrazone groups is 1. The van der Waals surface area contributed by atoms with Crippen molar-refractivity contribution in [3.8, 4) is 5.75 Å². The maximum Gasteiger partial charge on any atom is 0.329 e. The van der Waals surface area contributed by atoms with E-state index in [4.69, 9.17) is 4.74 Å². The van der Waals surface area contributed by atoms with Crippen LogP contribution < -0.4 is 15.5 Å². The molecule has 1 aromatic carbocycles. The largest absolute Gasteiger partial charge is 0.484 e. The summed E-state index contributed by atoms with van der Waals surface area (Å²) < 4.78 is 5.49. The Morgan fingerprint density at radius 1 is 1.12 bits per heavy atom. The van der Waals surface area contributed by atoms with Crippen LogP contribution in [0.4, 0.5) is 0 Å². The highest BCUT2D eigenvalue weighted by atomic mass is 16.5. The van der Waals surface area contributed by atoms with Crippen molar-refractivity contribution in [3.05, 3.63) is 29.8 Å². The molecule has 2 aliphatic rings. The van der Waals surface area contributed by atoms with Crippen LogP contribution in [-0.2, 0) is 14.4 Å². The zero-order valence-electron chi connectivity index (χ0n) is 14.4. The summed E-state index contributed by atoms with van der Waals surface area (Å²) in [5.41, 5.74) is 2.91. The van der Waals surface area contributed by atoms with Crippen LogP contribution in [-0.4, -0.2) is 54.6 Å². The lowest BCUT2D eigenvalue weighted by Crippen LogP contribution is -2.38. The molecule has 0 bridgehead atoms. The van der Waals surface area contributed by atoms with E-state index in [0.29, 0.717) is 5.75 Å². The SMILES string of the molecule is O=C(N/N=C\c1ccc(OCC(=O)N2CCCC2)cc1)C(=O)NC1CC1. The number of ether oxygens (including phenoxy) is 1. The summed E-state index contributed by atoms with van der Waals surface area (Å²) in [5, 5.41) is 6.34. The molecule has 138 valence electrons. The molecule has 0 unspecified atom stereocenters. The van der Waals surface area contributed by atoms with Gasteiger partial charge in [0, 0.05) is 19.1 Å². The Balaban J connectivity index is 1.41. The Kier molecular flexibility index (Phi) is 5.83. The number of benzene rings is 1. The van der Waals surface area contributed by atoms with Gasteiger partial charge in [-0.25, -0.2) is 5.43 Å². The average molecular weight is 358 g/mol. The van der Waals surface area contributed by atoms with Gasteiger partial charge >= 0.3 is 11.8 Å². The van der Waals surface area contributed by atoms with Crippen LogP contribution in [0.1, 0.15) is 31.2 Å². The van der Waals surface area contributed by atoms with Gasteiger partial charge < -0.3 is 15.0 Å². The van der Waals surface area contributed by atoms with E-state index in [9.17, 15) is 14.4 Å². The van der Waals surface area contributed by atoms with Crippen LogP contribution in [0.5, 0.6) is 5.75 Å². The fraction of sp³-hybridized carbons (Fsp3) is 0.444. The first-order valence-electron chi connectivity index (χ1n) is 8.76. The first-order valence-corrected chi connectivity index (χ1v) is 8.76. The van der Waals surface area contributed by atoms with Gasteiger partial charge in [0.1, 0.15) is 5.75 Å². The second kappa shape index (κ2) is 8.46. The predicted octanol–water partition coefficient (Wildman–Crippen LogP) is 0.416. The third-order valence-electron chi connectivity index (χ3n) is 4.20. The van der Waals surface area contributed by atoms with E-state index in [1.54, 1.807) is 24.3 Å². The lowest BCUT2D eigenvalue weighted by Gasteiger charge is -2.15. The number of nitrogens with one attached hydrogen (secondary N) is 2. The minimum atomic E-state index is -0.784. The molecule has 1 aromatic rings. The van der Waals surface area contributed by atoms with E-state index < -0.39 is 11.8 Å². The van der Waals surface area contributed by atoms with Crippen LogP contribution in [0.15, 0.2) is 29.4 Å². The number of amides is 3. The normalized spacial score (nSPS) is 16.5. The number of likely N-dealkylation sites (tertiary alicyclic amines) is 1. The average Bonchev–Trinajstić information content (AvgIpc) is 3.29. The summed E-state index contributed by atoms with van der Waals surface area (Å²) in [5.74, 6) is -0.868. The molecule has 2 N–H and O–H groups in total. The van der Waals surface area contributed by atoms with Gasteiger partial charge in [-0.15, -0.1) is 0 Å². The highest BCUT2D eigenvalue weighted by Gasteiger charge is 2.26. The number of rotatable bonds is 6. The third-order valence-corrected chi connectivity index (χ3v) is 4.20. The molecule has 0 atom stereocenters. The molecule has 26 heavy (non-hydrogen) atoms. The number of carbonyl (C=O) groups excluding carboxylic acids is 3. The summed E-state index contributed by atoms with van der Waals surface area (Å²) in [6, 6.07) is 7.06. The molecule has 8 nitrogen and oxygen atoms in total. The van der Waals surface area contributed by atoms with E-state index in [-0.39, 0.29) is 18.6 Å². The smallest absolute Gasteiger partial charge is 0.329 e. The van der Waals surface area contributed by atoms with Crippen molar-refractivity contribution < 1.29 is 19.1 Å². The van der Waals surface area contributed by atoms with Gasteiger partial charge in [-0.2, -0.15) is 5.10 Å². The summed E-state index contributed by atoms with van der Waals surface area (Å²) in [7, 11) is 0. The molecule has 8 heteroatoms. The van der Waals surface area contributed by atoms with E-state index >= 15 is 0 Å². The second-order valence-electron chi connectivity index (χ2n) is 6.39. The Morgan fingerprint density at radius 2 is 1.81 bits per heavy atom. The van der Waals surface area contributed by atoms with Crippen LogP contribution in [0.2, 0.25) is 0 Å². The van der Waals surface area contributed by atoms with Gasteiger partial charge in [-0.1, -0.05) is 0 Å². The molecule has 2 fully saturated rings. The van der Waals surface area contributed by atoms with Crippen molar-refractivity contribution in [2.75, 3.05) is 19.7 Å². The summed E-state index contributed by atoms with van der Waals surface area (Å²) >= 11 is 0. The first-order chi connectivity index (χ1) is 12.6. The molecule has 3 amide bonds. The standard InChI is InChI=1S/C18H22N4O4/c23-16(22-9-1-2-10-22)12-26-15-7-3-13(4-8-15)11-19-21-18(25)17(24)20-14-5-6-14/h3-4,7-8,11,14H,1-2,5-6,9-10,12H2,(H,20,24)(H,21,25)/b19-11-. The quantitative estimate of drug-likeness (QED) is 0.437. The number of hydrogen-bond acceptors (Lipinski definition) is 5. The highest BCUT2D eigenvalue weighted by molar-refractivity contribution is 6.35. The Bertz CT molecular complexity index is 692. The fourth-order valence-electron chi connectivity index (χ4n) is 2.55. The van der Waals surface area contributed by atoms with E-state index in [1.807, 2.05) is 4.90 Å². The number of nitrogens with zero attached hydrogens (tertiary/aromatic N) is 2. The predicted molar refractivity (Wildman–Crippen MR) is 94.7 cm³/mol. The molecule has 0 radical (unpaired) electrons. The molecule has 1 heterocycles. The van der Waals surface area contributed by atoms with Crippen molar-refractivity contribution in [1.82, 2.24) is 15.6 Å². The van der Waals surface area contributed by atoms with Crippen molar-refractivity contribution in [1.29, 1.82) is 0 Å². The second-order valence-corrected chi connectivity index (χ2v) is 6.39. The maximum atomic E-state index is 11.9. The van der Waals surface area contributed by atoms with E-state index in [0.717, 1.165) is 44.3 Å². The van der Waals surface area contributed by atoms with Crippen LogP contribution >= 0.6 is 0 Å². The molecule has 1 aliphatic carbocycles. The molecular formula is C18H22N4O4. The van der Waals surface area contributed by atoms with E-state index in [2.05, 4.69) is 15.8 Å². The third kappa shape index (κ3) is 5.30. The molecule has 1 saturated carbocycles. The van der Waals surface area contributed by atoms with Crippen LogP contribution in [0.3, 0.4) is 0 Å². The van der Waals surface area contributed by atoms with Crippen molar-refractivity contribution in [3.63, 3.8) is 0 Å². The number of carbonyl (C=O) groups is 3. The topological polar surface area (TPSA) is 100 Å². The van der Waals surface area contributed by atoms with Gasteiger partial charge in [0.25, 0.3) is 5.91 Å². The lowest BCUT2D eigenvalue weighted by atomic mass is 10.2. The molecular weight excluding hydrogens is 336 g/mol. The van der Waals surface area contributed by atoms with Crippen LogP contribution in [0, 0.1) is 0 Å². The lowest BCUT2D eigenvalue weighted by molar-refractivity contribution is -0.139. The summed E-state index contributed by atoms with van der Waals surface area (Å²) in [6.45, 7) is 1.64. The van der Waals surface area contributed by atoms with Crippen molar-refractivity contribution in [2.45, 2.75) is 31.7 Å². The zero-order chi connectivity index (χ0) is 18.4. The van der Waals surface area contributed by atoms with Crippen molar-refractivity contribution >= 4 is 23.9 Å². The monoisotopic (exact) mass is 358 g/mol. The minimum Gasteiger partial charge on any atom is -0.484 e. The molecule has 0 spiro atoms. The van der Waals surface area contributed by atoms with Gasteiger partial charge in [0.2, 0.25) is 0 Å².